The van der Waals surface area contributed by atoms with Crippen LogP contribution in [0.2, 0.25) is 10.0 Å². The van der Waals surface area contributed by atoms with E-state index in [1.165, 1.54) is 23.8 Å². The van der Waals surface area contributed by atoms with Crippen LogP contribution in [0.1, 0.15) is 44.6 Å². The summed E-state index contributed by atoms with van der Waals surface area (Å²) in [5, 5.41) is 0.270. The lowest BCUT2D eigenvalue weighted by Crippen LogP contribution is -2.54. The first kappa shape index (κ1) is 28.8. The zero-order chi connectivity index (χ0) is 27.4. The van der Waals surface area contributed by atoms with Crippen molar-refractivity contribution >= 4 is 45.0 Å². The minimum absolute atomic E-state index is 0.0639. The zero-order valence-electron chi connectivity index (χ0n) is 21.4. The van der Waals surface area contributed by atoms with Crippen LogP contribution in [-0.4, -0.2) is 67.3 Å². The maximum absolute atomic E-state index is 13.8. The quantitative estimate of drug-likeness (QED) is 0.468. The largest absolute Gasteiger partial charge is 0.329 e. The fourth-order valence-electron chi connectivity index (χ4n) is 5.50. The number of nitrogens with one attached hydrogen (secondary N) is 1. The van der Waals surface area contributed by atoms with Gasteiger partial charge in [-0.2, -0.15) is 0 Å². The standard InChI is InChI=1S/C27H34Cl2N4O4S/c1-2-6-24(26(34)31-38(36,37)21-11-12-22(28)23(29)16-21)32-14-13-20(10-9-18-7-4-3-5-8-18)33-17-19(30)15-25(33)27(32)35/h3-5,7-8,11-12,16,19-20,24-25H,2,6,9-10,13-15,17,30H2,1H3,(H,31,34)/t19-,20?,24-,25+/m1/s1. The Morgan fingerprint density at radius 1 is 1.16 bits per heavy atom. The first-order valence-corrected chi connectivity index (χ1v) is 15.2. The molecule has 8 nitrogen and oxygen atoms in total. The van der Waals surface area contributed by atoms with Crippen LogP contribution in [0.15, 0.2) is 53.4 Å². The van der Waals surface area contributed by atoms with Gasteiger partial charge in [-0.3, -0.25) is 14.5 Å². The summed E-state index contributed by atoms with van der Waals surface area (Å²) >= 11 is 11.9. The lowest BCUT2D eigenvalue weighted by Gasteiger charge is -2.32. The van der Waals surface area contributed by atoms with Gasteiger partial charge in [0.05, 0.1) is 21.0 Å². The molecule has 0 spiro atoms. The van der Waals surface area contributed by atoms with Gasteiger partial charge in [0.1, 0.15) is 6.04 Å². The number of sulfonamides is 1. The van der Waals surface area contributed by atoms with E-state index in [1.54, 1.807) is 4.90 Å². The summed E-state index contributed by atoms with van der Waals surface area (Å²) in [6, 6.07) is 12.7. The second-order valence-corrected chi connectivity index (χ2v) is 12.6. The molecule has 3 N–H and O–H groups in total. The van der Waals surface area contributed by atoms with Crippen molar-refractivity contribution in [3.05, 3.63) is 64.1 Å². The minimum atomic E-state index is -4.21. The third kappa shape index (κ3) is 6.51. The summed E-state index contributed by atoms with van der Waals surface area (Å²) in [7, 11) is -4.21. The number of benzene rings is 2. The number of carbonyl (C=O) groups is 2. The molecular weight excluding hydrogens is 547 g/mol. The Hall–Kier alpha value is -2.17. The molecule has 2 heterocycles. The molecule has 38 heavy (non-hydrogen) atoms. The van der Waals surface area contributed by atoms with E-state index in [4.69, 9.17) is 28.9 Å². The molecule has 206 valence electrons. The van der Waals surface area contributed by atoms with Gasteiger partial charge in [-0.05, 0) is 55.9 Å². The van der Waals surface area contributed by atoms with Gasteiger partial charge in [0.15, 0.2) is 0 Å². The molecule has 2 aliphatic rings. The van der Waals surface area contributed by atoms with E-state index >= 15 is 0 Å². The van der Waals surface area contributed by atoms with Crippen LogP contribution in [0.5, 0.6) is 0 Å². The Morgan fingerprint density at radius 3 is 2.58 bits per heavy atom. The Balaban J connectivity index is 1.54. The fourth-order valence-corrected chi connectivity index (χ4v) is 6.90. The lowest BCUT2D eigenvalue weighted by atomic mass is 10.0. The highest BCUT2D eigenvalue weighted by Crippen LogP contribution is 2.30. The third-order valence-electron chi connectivity index (χ3n) is 7.40. The number of amides is 2. The van der Waals surface area contributed by atoms with Crippen molar-refractivity contribution in [1.29, 1.82) is 0 Å². The van der Waals surface area contributed by atoms with Gasteiger partial charge in [-0.1, -0.05) is 66.9 Å². The molecule has 0 radical (unpaired) electrons. The van der Waals surface area contributed by atoms with Crippen LogP contribution in [0.25, 0.3) is 0 Å². The van der Waals surface area contributed by atoms with Crippen molar-refractivity contribution in [2.75, 3.05) is 13.1 Å². The summed E-state index contributed by atoms with van der Waals surface area (Å²) < 4.78 is 28.1. The summed E-state index contributed by atoms with van der Waals surface area (Å²) in [5.41, 5.74) is 7.53. The molecule has 2 aliphatic heterocycles. The molecule has 2 saturated heterocycles. The van der Waals surface area contributed by atoms with Crippen LogP contribution in [0, 0.1) is 0 Å². The van der Waals surface area contributed by atoms with E-state index in [-0.39, 0.29) is 32.9 Å². The average molecular weight is 582 g/mol. The van der Waals surface area contributed by atoms with Crippen molar-refractivity contribution in [2.45, 2.75) is 74.5 Å². The Labute approximate surface area is 234 Å². The highest BCUT2D eigenvalue weighted by atomic mass is 35.5. The SMILES string of the molecule is CCC[C@H](C(=O)NS(=O)(=O)c1ccc(Cl)c(Cl)c1)N1CCC(CCc2ccccc2)N2C[C@H](N)C[C@H]2C1=O. The maximum Gasteiger partial charge on any atom is 0.264 e. The van der Waals surface area contributed by atoms with Gasteiger partial charge in [0.2, 0.25) is 5.91 Å². The Morgan fingerprint density at radius 2 is 1.89 bits per heavy atom. The molecule has 4 atom stereocenters. The van der Waals surface area contributed by atoms with Gasteiger partial charge in [-0.15, -0.1) is 0 Å². The predicted octanol–water partition coefficient (Wildman–Crippen LogP) is 3.60. The second-order valence-electron chi connectivity index (χ2n) is 10.1. The number of fused-ring (bicyclic) bond motifs is 1. The van der Waals surface area contributed by atoms with Crippen molar-refractivity contribution < 1.29 is 18.0 Å². The number of nitrogens with zero attached hydrogens (tertiary/aromatic N) is 2. The molecule has 11 heteroatoms. The molecule has 1 unspecified atom stereocenters. The van der Waals surface area contributed by atoms with Gasteiger partial charge < -0.3 is 10.6 Å². The number of hydrogen-bond acceptors (Lipinski definition) is 6. The van der Waals surface area contributed by atoms with Crippen LogP contribution < -0.4 is 10.5 Å². The Kier molecular flexibility index (Phi) is 9.36. The van der Waals surface area contributed by atoms with E-state index in [2.05, 4.69) is 21.8 Å². The molecule has 0 aromatic heterocycles. The summed E-state index contributed by atoms with van der Waals surface area (Å²) in [4.78, 5) is 30.8. The Bertz CT molecular complexity index is 1260. The lowest BCUT2D eigenvalue weighted by molar-refractivity contribution is -0.142. The topological polar surface area (TPSA) is 113 Å². The van der Waals surface area contributed by atoms with Crippen molar-refractivity contribution in [1.82, 2.24) is 14.5 Å². The normalized spacial score (nSPS) is 23.1. The van der Waals surface area contributed by atoms with E-state index in [0.29, 0.717) is 38.8 Å². The number of nitrogens with two attached hydrogens (primary N) is 1. The highest BCUT2D eigenvalue weighted by molar-refractivity contribution is 7.90. The number of hydrogen-bond donors (Lipinski definition) is 2. The minimum Gasteiger partial charge on any atom is -0.329 e. The highest BCUT2D eigenvalue weighted by Gasteiger charge is 2.45. The molecule has 2 aromatic carbocycles. The first-order chi connectivity index (χ1) is 18.1. The third-order valence-corrected chi connectivity index (χ3v) is 9.48. The number of rotatable bonds is 9. The van der Waals surface area contributed by atoms with E-state index < -0.39 is 28.0 Å². The van der Waals surface area contributed by atoms with E-state index in [9.17, 15) is 18.0 Å². The average Bonchev–Trinajstić information content (AvgIpc) is 3.22. The van der Waals surface area contributed by atoms with Crippen LogP contribution in [0.4, 0.5) is 0 Å². The molecule has 4 rings (SSSR count). The molecule has 2 fully saturated rings. The number of halogens is 2. The van der Waals surface area contributed by atoms with Crippen molar-refractivity contribution in [3.8, 4) is 0 Å². The second kappa shape index (κ2) is 12.3. The number of aryl methyl sites for hydroxylation is 1. The van der Waals surface area contributed by atoms with Gasteiger partial charge in [0, 0.05) is 25.2 Å². The number of carbonyl (C=O) groups excluding carboxylic acids is 2. The zero-order valence-corrected chi connectivity index (χ0v) is 23.7. The maximum atomic E-state index is 13.8. The van der Waals surface area contributed by atoms with Crippen LogP contribution in [0.3, 0.4) is 0 Å². The van der Waals surface area contributed by atoms with Gasteiger partial charge in [-0.25, -0.2) is 13.1 Å². The van der Waals surface area contributed by atoms with E-state index in [1.807, 2.05) is 25.1 Å². The summed E-state index contributed by atoms with van der Waals surface area (Å²) in [5.74, 6) is -0.899. The molecule has 2 amide bonds. The first-order valence-electron chi connectivity index (χ1n) is 13.0. The summed E-state index contributed by atoms with van der Waals surface area (Å²) in [6.45, 7) is 2.89. The van der Waals surface area contributed by atoms with Gasteiger partial charge in [0.25, 0.3) is 15.9 Å². The monoisotopic (exact) mass is 580 g/mol. The molecule has 0 bridgehead atoms. The molecule has 0 aliphatic carbocycles. The smallest absolute Gasteiger partial charge is 0.264 e. The summed E-state index contributed by atoms with van der Waals surface area (Å²) in [6.07, 6.45) is 3.86. The van der Waals surface area contributed by atoms with Gasteiger partial charge >= 0.3 is 0 Å². The van der Waals surface area contributed by atoms with Crippen LogP contribution in [-0.2, 0) is 26.0 Å². The van der Waals surface area contributed by atoms with Crippen molar-refractivity contribution in [2.24, 2.45) is 5.73 Å². The molecule has 2 aromatic rings. The predicted molar refractivity (Wildman–Crippen MR) is 148 cm³/mol. The molecular formula is C27H34Cl2N4O4S. The van der Waals surface area contributed by atoms with E-state index in [0.717, 1.165) is 12.8 Å². The van der Waals surface area contributed by atoms with Crippen LogP contribution >= 0.6 is 23.2 Å². The van der Waals surface area contributed by atoms with Crippen molar-refractivity contribution in [3.63, 3.8) is 0 Å². The fraction of sp³-hybridized carbons (Fsp3) is 0.481. The molecule has 0 saturated carbocycles.